The van der Waals surface area contributed by atoms with Gasteiger partial charge in [0, 0.05) is 6.61 Å². The summed E-state index contributed by atoms with van der Waals surface area (Å²) in [4.78, 5) is 10.6. The average Bonchev–Trinajstić information content (AvgIpc) is 2.71. The molecule has 1 aromatic heterocycles. The summed E-state index contributed by atoms with van der Waals surface area (Å²) >= 11 is 0. The Labute approximate surface area is 100 Å². The highest BCUT2D eigenvalue weighted by Crippen LogP contribution is 2.08. The SMILES string of the molecule is CC(C)COCCOCc1cc(C(=O)O)co1. The van der Waals surface area contributed by atoms with E-state index >= 15 is 0 Å². The highest BCUT2D eigenvalue weighted by Gasteiger charge is 2.07. The van der Waals surface area contributed by atoms with Crippen molar-refractivity contribution in [2.75, 3.05) is 19.8 Å². The van der Waals surface area contributed by atoms with Gasteiger partial charge in [-0.25, -0.2) is 4.79 Å². The summed E-state index contributed by atoms with van der Waals surface area (Å²) < 4.78 is 15.6. The van der Waals surface area contributed by atoms with Gasteiger partial charge in [0.15, 0.2) is 0 Å². The first-order valence-corrected chi connectivity index (χ1v) is 5.55. The number of rotatable bonds is 8. The van der Waals surface area contributed by atoms with E-state index in [0.717, 1.165) is 0 Å². The van der Waals surface area contributed by atoms with Gasteiger partial charge in [0.05, 0.1) is 18.8 Å². The van der Waals surface area contributed by atoms with Gasteiger partial charge in [0.1, 0.15) is 18.6 Å². The fourth-order valence-corrected chi connectivity index (χ4v) is 1.18. The number of ether oxygens (including phenoxy) is 2. The topological polar surface area (TPSA) is 68.9 Å². The van der Waals surface area contributed by atoms with Gasteiger partial charge in [0.25, 0.3) is 0 Å². The molecule has 0 bridgehead atoms. The molecule has 0 aliphatic carbocycles. The van der Waals surface area contributed by atoms with Crippen molar-refractivity contribution < 1.29 is 23.8 Å². The molecule has 0 saturated carbocycles. The van der Waals surface area contributed by atoms with Crippen LogP contribution in [0.5, 0.6) is 0 Å². The van der Waals surface area contributed by atoms with E-state index in [1.807, 2.05) is 0 Å². The van der Waals surface area contributed by atoms with Gasteiger partial charge >= 0.3 is 5.97 Å². The molecule has 0 aromatic carbocycles. The summed E-state index contributed by atoms with van der Waals surface area (Å²) in [7, 11) is 0. The van der Waals surface area contributed by atoms with Crippen molar-refractivity contribution in [2.45, 2.75) is 20.5 Å². The Hall–Kier alpha value is -1.33. The molecule has 0 amide bonds. The Kier molecular flexibility index (Phi) is 5.72. The molecule has 0 unspecified atom stereocenters. The molecule has 0 aliphatic rings. The number of carboxylic acids is 1. The molecule has 0 saturated heterocycles. The molecule has 1 N–H and O–H groups in total. The predicted molar refractivity (Wildman–Crippen MR) is 61.0 cm³/mol. The number of hydrogen-bond acceptors (Lipinski definition) is 4. The number of carbonyl (C=O) groups is 1. The molecular weight excluding hydrogens is 224 g/mol. The number of furan rings is 1. The summed E-state index contributed by atoms with van der Waals surface area (Å²) in [5.41, 5.74) is 0.139. The molecule has 0 fully saturated rings. The Morgan fingerprint density at radius 2 is 2.12 bits per heavy atom. The number of aromatic carboxylic acids is 1. The first kappa shape index (κ1) is 13.7. The minimum atomic E-state index is -1.000. The molecule has 0 radical (unpaired) electrons. The average molecular weight is 242 g/mol. The largest absolute Gasteiger partial charge is 0.478 e. The highest BCUT2D eigenvalue weighted by atomic mass is 16.5. The zero-order chi connectivity index (χ0) is 12.7. The quantitative estimate of drug-likeness (QED) is 0.707. The second-order valence-corrected chi connectivity index (χ2v) is 4.13. The number of hydrogen-bond donors (Lipinski definition) is 1. The van der Waals surface area contributed by atoms with Crippen LogP contribution in [-0.4, -0.2) is 30.9 Å². The highest BCUT2D eigenvalue weighted by molar-refractivity contribution is 5.87. The zero-order valence-electron chi connectivity index (χ0n) is 10.1. The molecule has 1 aromatic rings. The van der Waals surface area contributed by atoms with Crippen molar-refractivity contribution in [3.8, 4) is 0 Å². The fraction of sp³-hybridized carbons (Fsp3) is 0.583. The van der Waals surface area contributed by atoms with Crippen molar-refractivity contribution in [3.63, 3.8) is 0 Å². The third-order valence-corrected chi connectivity index (χ3v) is 1.97. The van der Waals surface area contributed by atoms with Gasteiger partial charge in [-0.15, -0.1) is 0 Å². The van der Waals surface area contributed by atoms with E-state index in [-0.39, 0.29) is 12.2 Å². The summed E-state index contributed by atoms with van der Waals surface area (Å²) in [5.74, 6) is 0.0183. The monoisotopic (exact) mass is 242 g/mol. The van der Waals surface area contributed by atoms with E-state index in [4.69, 9.17) is 19.0 Å². The number of carboxylic acid groups (broad SMARTS) is 1. The van der Waals surface area contributed by atoms with Crippen LogP contribution in [-0.2, 0) is 16.1 Å². The first-order valence-electron chi connectivity index (χ1n) is 5.55. The molecule has 5 nitrogen and oxygen atoms in total. The Balaban J connectivity index is 2.11. The van der Waals surface area contributed by atoms with E-state index in [1.165, 1.54) is 12.3 Å². The molecule has 0 aliphatic heterocycles. The van der Waals surface area contributed by atoms with E-state index in [1.54, 1.807) is 0 Å². The molecule has 0 spiro atoms. The van der Waals surface area contributed by atoms with Crippen LogP contribution in [0.3, 0.4) is 0 Å². The lowest BCUT2D eigenvalue weighted by Gasteiger charge is -2.06. The van der Waals surface area contributed by atoms with Crippen molar-refractivity contribution >= 4 is 5.97 Å². The summed E-state index contributed by atoms with van der Waals surface area (Å²) in [6, 6.07) is 1.46. The van der Waals surface area contributed by atoms with E-state index < -0.39 is 5.97 Å². The van der Waals surface area contributed by atoms with E-state index in [0.29, 0.717) is 31.5 Å². The minimum absolute atomic E-state index is 0.139. The Morgan fingerprint density at radius 3 is 2.71 bits per heavy atom. The van der Waals surface area contributed by atoms with Crippen molar-refractivity contribution in [1.82, 2.24) is 0 Å². The first-order chi connectivity index (χ1) is 8.09. The maximum atomic E-state index is 10.6. The van der Waals surface area contributed by atoms with Crippen LogP contribution in [0.15, 0.2) is 16.7 Å². The van der Waals surface area contributed by atoms with E-state index in [9.17, 15) is 4.79 Å². The van der Waals surface area contributed by atoms with Crippen molar-refractivity contribution in [2.24, 2.45) is 5.92 Å². The standard InChI is InChI=1S/C12H18O5/c1-9(2)6-15-3-4-16-8-11-5-10(7-17-11)12(13)14/h5,7,9H,3-4,6,8H2,1-2H3,(H,13,14). The van der Waals surface area contributed by atoms with Crippen LogP contribution in [0, 0.1) is 5.92 Å². The third kappa shape index (κ3) is 5.51. The van der Waals surface area contributed by atoms with Gasteiger partial charge in [0.2, 0.25) is 0 Å². The smallest absolute Gasteiger partial charge is 0.338 e. The normalized spacial score (nSPS) is 11.0. The van der Waals surface area contributed by atoms with Crippen LogP contribution in [0.2, 0.25) is 0 Å². The van der Waals surface area contributed by atoms with Gasteiger partial charge in [-0.2, -0.15) is 0 Å². The molecule has 5 heteroatoms. The van der Waals surface area contributed by atoms with Crippen LogP contribution >= 0.6 is 0 Å². The van der Waals surface area contributed by atoms with Gasteiger partial charge < -0.3 is 19.0 Å². The second kappa shape index (κ2) is 7.09. The van der Waals surface area contributed by atoms with Gasteiger partial charge in [-0.3, -0.25) is 0 Å². The van der Waals surface area contributed by atoms with Crippen LogP contribution < -0.4 is 0 Å². The maximum Gasteiger partial charge on any atom is 0.338 e. The molecule has 1 heterocycles. The molecule has 0 atom stereocenters. The maximum absolute atomic E-state index is 10.6. The van der Waals surface area contributed by atoms with Gasteiger partial charge in [-0.1, -0.05) is 13.8 Å². The molecular formula is C12H18O5. The van der Waals surface area contributed by atoms with Gasteiger partial charge in [-0.05, 0) is 12.0 Å². The molecule has 17 heavy (non-hydrogen) atoms. The van der Waals surface area contributed by atoms with Crippen molar-refractivity contribution in [1.29, 1.82) is 0 Å². The summed E-state index contributed by atoms with van der Waals surface area (Å²) in [5, 5.41) is 8.67. The lowest BCUT2D eigenvalue weighted by atomic mass is 10.2. The van der Waals surface area contributed by atoms with Crippen LogP contribution in [0.1, 0.15) is 30.0 Å². The molecule has 96 valence electrons. The Morgan fingerprint density at radius 1 is 1.41 bits per heavy atom. The van der Waals surface area contributed by atoms with E-state index in [2.05, 4.69) is 13.8 Å². The summed E-state index contributed by atoms with van der Waals surface area (Å²) in [6.45, 7) is 6.14. The third-order valence-electron chi connectivity index (χ3n) is 1.97. The minimum Gasteiger partial charge on any atom is -0.478 e. The van der Waals surface area contributed by atoms with Crippen LogP contribution in [0.25, 0.3) is 0 Å². The van der Waals surface area contributed by atoms with Crippen molar-refractivity contribution in [3.05, 3.63) is 23.7 Å². The Bertz CT molecular complexity index is 342. The predicted octanol–water partition coefficient (Wildman–Crippen LogP) is 2.17. The second-order valence-electron chi connectivity index (χ2n) is 4.13. The lowest BCUT2D eigenvalue weighted by molar-refractivity contribution is 0.0264. The summed E-state index contributed by atoms with van der Waals surface area (Å²) in [6.07, 6.45) is 1.20. The molecule has 1 rings (SSSR count). The van der Waals surface area contributed by atoms with Crippen LogP contribution in [0.4, 0.5) is 0 Å². The fourth-order valence-electron chi connectivity index (χ4n) is 1.18. The lowest BCUT2D eigenvalue weighted by Crippen LogP contribution is -2.08. The zero-order valence-corrected chi connectivity index (χ0v) is 10.1.